The van der Waals surface area contributed by atoms with Gasteiger partial charge in [-0.1, -0.05) is 0 Å². The van der Waals surface area contributed by atoms with E-state index in [-0.39, 0.29) is 6.07 Å². The second-order valence-electron chi connectivity index (χ2n) is 14.6. The van der Waals surface area contributed by atoms with Crippen LogP contribution in [-0.2, 0) is 19.0 Å². The Hall–Kier alpha value is -9.76. The molecule has 16 N–H and O–H groups in total. The smallest absolute Gasteiger partial charge is 0.339 e. The lowest BCUT2D eigenvalue weighted by molar-refractivity contribution is -0.165. The lowest BCUT2D eigenvalue weighted by atomic mass is 9.89. The summed E-state index contributed by atoms with van der Waals surface area (Å²) in [6.45, 7) is -1.58. The molecule has 3 heterocycles. The van der Waals surface area contributed by atoms with Crippen molar-refractivity contribution in [2.75, 3.05) is 6.61 Å². The minimum Gasteiger partial charge on any atom is -0.504 e. The molecule has 68 heavy (non-hydrogen) atoms. The first kappa shape index (κ1) is 44.8. The lowest BCUT2D eigenvalue weighted by Crippen LogP contribution is -2.52. The maximum Gasteiger partial charge on any atom is 0.339 e. The van der Waals surface area contributed by atoms with Crippen LogP contribution in [0, 0.1) is 0 Å². The first-order chi connectivity index (χ1) is 31.9. The fraction of sp³-hybridized carbons (Fsp3) is 0.122. The van der Waals surface area contributed by atoms with E-state index in [0.29, 0.717) is 18.2 Å². The Bertz CT molecular complexity index is 3530. The molecule has 1 aliphatic rings. The van der Waals surface area contributed by atoms with Crippen LogP contribution in [-0.4, -0.2) is 137 Å². The van der Waals surface area contributed by atoms with Crippen molar-refractivity contribution in [1.29, 1.82) is 0 Å². The number of hydrogen-bond donors (Lipinski definition) is 16. The molecule has 8 rings (SSSR count). The van der Waals surface area contributed by atoms with Gasteiger partial charge in [0.25, 0.3) is 11.9 Å². The van der Waals surface area contributed by atoms with E-state index in [9.17, 15) is 110 Å². The average molecular weight is 951 g/mol. The fourth-order valence-electron chi connectivity index (χ4n) is 7.63. The van der Waals surface area contributed by atoms with E-state index >= 15 is 0 Å². The SMILES string of the molecule is O=C1OC[C@@H](OC(=O)c2cc(O)c(O)c(O)c2-c2c(O)c(=O)c3c(O)oc4cc(=O)c(O)c5oc(O)c2c3c45)[C@H]([C@H](O)[C@@H](O)C(=O)O)OC(=O)c2cc(O)c(O)c(O)c2-c2c1cc(O)c(O)c2O. The van der Waals surface area contributed by atoms with Gasteiger partial charge in [-0.15, -0.1) is 0 Å². The number of ether oxygens (including phenoxy) is 3. The molecule has 27 heteroatoms. The summed E-state index contributed by atoms with van der Waals surface area (Å²) in [6, 6.07) is 1.54. The summed E-state index contributed by atoms with van der Waals surface area (Å²) < 4.78 is 26.2. The van der Waals surface area contributed by atoms with Crippen molar-refractivity contribution in [3.05, 3.63) is 61.4 Å². The Kier molecular flexibility index (Phi) is 10.2. The number of cyclic esters (lactones) is 2. The van der Waals surface area contributed by atoms with E-state index in [2.05, 4.69) is 0 Å². The lowest BCUT2D eigenvalue weighted by Gasteiger charge is -2.31. The first-order valence-electron chi connectivity index (χ1n) is 18.6. The van der Waals surface area contributed by atoms with E-state index in [1.807, 2.05) is 0 Å². The highest BCUT2D eigenvalue weighted by molar-refractivity contribution is 6.27. The van der Waals surface area contributed by atoms with Crippen LogP contribution in [0.3, 0.4) is 0 Å². The number of carboxylic acid groups (broad SMARTS) is 1. The molecule has 7 aromatic rings. The van der Waals surface area contributed by atoms with Gasteiger partial charge in [0.15, 0.2) is 64.1 Å². The molecule has 0 amide bonds. The third-order valence-electron chi connectivity index (χ3n) is 10.8. The predicted octanol–water partition coefficient (Wildman–Crippen LogP) is 0.725. The van der Waals surface area contributed by atoms with Gasteiger partial charge < -0.3 is 105 Å². The summed E-state index contributed by atoms with van der Waals surface area (Å²) >= 11 is 0. The molecule has 352 valence electrons. The third-order valence-corrected chi connectivity index (χ3v) is 10.8. The summed E-state index contributed by atoms with van der Waals surface area (Å²) in [5.41, 5.74) is -12.8. The molecule has 27 nitrogen and oxygen atoms in total. The number of phenolic OH excluding ortho intramolecular Hbond substituents is 11. The van der Waals surface area contributed by atoms with Crippen LogP contribution in [0.25, 0.3) is 55.0 Å². The number of aliphatic hydroxyl groups excluding tert-OH is 2. The molecule has 0 saturated carbocycles. The van der Waals surface area contributed by atoms with Crippen molar-refractivity contribution in [3.63, 3.8) is 0 Å². The van der Waals surface area contributed by atoms with Gasteiger partial charge in [0.05, 0.1) is 27.5 Å². The fourth-order valence-corrected chi connectivity index (χ4v) is 7.63. The molecular formula is C41H26O27. The van der Waals surface area contributed by atoms with Crippen LogP contribution in [0.15, 0.2) is 42.7 Å². The van der Waals surface area contributed by atoms with Gasteiger partial charge in [-0.05, 0) is 18.2 Å². The number of aromatic hydroxyl groups is 13. The van der Waals surface area contributed by atoms with Gasteiger partial charge in [-0.25, -0.2) is 19.2 Å². The number of hydrogen-bond acceptors (Lipinski definition) is 26. The molecule has 0 radical (unpaired) electrons. The largest absolute Gasteiger partial charge is 0.504 e. The van der Waals surface area contributed by atoms with Crippen molar-refractivity contribution in [1.82, 2.24) is 0 Å². The predicted molar refractivity (Wildman–Crippen MR) is 215 cm³/mol. The van der Waals surface area contributed by atoms with E-state index < -0.39 is 213 Å². The molecule has 0 saturated heterocycles. The van der Waals surface area contributed by atoms with Crippen LogP contribution >= 0.6 is 0 Å². The molecule has 0 aliphatic carbocycles. The van der Waals surface area contributed by atoms with E-state index in [0.717, 1.165) is 0 Å². The zero-order valence-electron chi connectivity index (χ0n) is 33.0. The van der Waals surface area contributed by atoms with Gasteiger partial charge in [-0.2, -0.15) is 0 Å². The molecule has 0 fully saturated rings. The zero-order chi connectivity index (χ0) is 49.9. The number of aliphatic carboxylic acids is 1. The van der Waals surface area contributed by atoms with E-state index in [1.54, 1.807) is 0 Å². The summed E-state index contributed by atoms with van der Waals surface area (Å²) in [5, 5.41) is 168. The Morgan fingerprint density at radius 2 is 1.10 bits per heavy atom. The summed E-state index contributed by atoms with van der Waals surface area (Å²) in [7, 11) is 0. The maximum atomic E-state index is 14.5. The quantitative estimate of drug-likeness (QED) is 0.0473. The van der Waals surface area contributed by atoms with Gasteiger partial charge >= 0.3 is 23.9 Å². The minimum absolute atomic E-state index is 0.258. The highest BCUT2D eigenvalue weighted by Gasteiger charge is 2.45. The monoisotopic (exact) mass is 950 g/mol. The number of fused-ring (bicyclic) bond motifs is 3. The Balaban J connectivity index is 1.37. The number of carbonyl (C=O) groups is 4. The van der Waals surface area contributed by atoms with Crippen LogP contribution in [0.5, 0.6) is 75.1 Å². The Morgan fingerprint density at radius 3 is 1.68 bits per heavy atom. The molecule has 5 aromatic carbocycles. The molecule has 0 bridgehead atoms. The zero-order valence-corrected chi connectivity index (χ0v) is 33.0. The number of esters is 3. The normalized spacial score (nSPS) is 16.1. The Morgan fingerprint density at radius 1 is 0.574 bits per heavy atom. The molecule has 4 atom stereocenters. The molecular weight excluding hydrogens is 924 g/mol. The standard InChI is InChI=1S/C41H26O27/c42-9-1-6-15(27(50)23(9)46)16-7(2-10(43)24(47)28(16)51)39(61)67-34(32(55)33(56)36(57)58)14(5-64-37(6)59)66-38(60)8-3-11(44)25(48)29(52)17(8)20-21-19-18-13(65-41(63)22(19)31(54)30(20)53)4-12(45)26(49)35(18)68-40(21)62/h1-4,14,32-34,42-44,46-53,55-56,62-63H,5H2,(H,57,58)/t14-,32-,33-,34-/m1/s1. The number of phenols is 11. The van der Waals surface area contributed by atoms with Crippen LogP contribution in [0.2, 0.25) is 0 Å². The second kappa shape index (κ2) is 15.5. The van der Waals surface area contributed by atoms with Crippen molar-refractivity contribution < 1.29 is 124 Å². The number of carbonyl (C=O) groups excluding carboxylic acids is 3. The Labute approximate surface area is 370 Å². The van der Waals surface area contributed by atoms with Gasteiger partial charge in [0, 0.05) is 33.7 Å². The van der Waals surface area contributed by atoms with E-state index in [1.165, 1.54) is 0 Å². The van der Waals surface area contributed by atoms with Gasteiger partial charge in [0.1, 0.15) is 23.7 Å². The number of benzene rings is 5. The highest BCUT2D eigenvalue weighted by atomic mass is 16.6. The summed E-state index contributed by atoms with van der Waals surface area (Å²) in [6.07, 6.45) is -11.6. The third kappa shape index (κ3) is 6.44. The molecule has 0 unspecified atom stereocenters. The average Bonchev–Trinajstić information content (AvgIpc) is 3.29. The summed E-state index contributed by atoms with van der Waals surface area (Å²) in [5.74, 6) is -26.7. The molecule has 1 aliphatic heterocycles. The molecule has 2 aromatic heterocycles. The minimum atomic E-state index is -3.03. The topological polar surface area (TPSA) is 480 Å². The number of aliphatic hydroxyl groups is 2. The van der Waals surface area contributed by atoms with Gasteiger partial charge in [0.2, 0.25) is 33.9 Å². The first-order valence-corrected chi connectivity index (χ1v) is 18.6. The van der Waals surface area contributed by atoms with E-state index in [4.69, 9.17) is 23.0 Å². The number of rotatable bonds is 6. The maximum absolute atomic E-state index is 14.5. The second-order valence-corrected chi connectivity index (χ2v) is 14.6. The molecule has 0 spiro atoms. The van der Waals surface area contributed by atoms with Crippen molar-refractivity contribution in [2.45, 2.75) is 24.4 Å². The van der Waals surface area contributed by atoms with Crippen molar-refractivity contribution >= 4 is 56.6 Å². The van der Waals surface area contributed by atoms with Crippen LogP contribution in [0.4, 0.5) is 0 Å². The van der Waals surface area contributed by atoms with Crippen molar-refractivity contribution in [2.24, 2.45) is 0 Å². The highest BCUT2D eigenvalue weighted by Crippen LogP contribution is 2.55. The number of carboxylic acids is 1. The van der Waals surface area contributed by atoms with Crippen molar-refractivity contribution in [3.8, 4) is 97.4 Å². The van der Waals surface area contributed by atoms with Gasteiger partial charge in [-0.3, -0.25) is 9.59 Å². The van der Waals surface area contributed by atoms with Crippen LogP contribution in [0.1, 0.15) is 31.1 Å². The summed E-state index contributed by atoms with van der Waals surface area (Å²) in [4.78, 5) is 80.6. The van der Waals surface area contributed by atoms with Crippen LogP contribution < -0.4 is 10.9 Å².